The number of ether oxygens (including phenoxy) is 1. The molecule has 2 aromatic rings. The van der Waals surface area contributed by atoms with E-state index in [0.717, 1.165) is 57.2 Å². The summed E-state index contributed by atoms with van der Waals surface area (Å²) in [5.74, 6) is 0. The lowest BCUT2D eigenvalue weighted by molar-refractivity contribution is 0.0340. The Labute approximate surface area is 148 Å². The molecule has 0 radical (unpaired) electrons. The van der Waals surface area contributed by atoms with Gasteiger partial charge in [-0.05, 0) is 18.1 Å². The molecule has 2 heterocycles. The molecule has 130 valence electrons. The second-order valence-corrected chi connectivity index (χ2v) is 6.60. The van der Waals surface area contributed by atoms with Crippen molar-refractivity contribution in [1.29, 1.82) is 0 Å². The highest BCUT2D eigenvalue weighted by molar-refractivity contribution is 6.30. The van der Waals surface area contributed by atoms with Crippen molar-refractivity contribution in [2.24, 2.45) is 7.05 Å². The summed E-state index contributed by atoms with van der Waals surface area (Å²) < 4.78 is 7.15. The van der Waals surface area contributed by atoms with E-state index < -0.39 is 0 Å². The summed E-state index contributed by atoms with van der Waals surface area (Å²) in [5.41, 5.74) is 4.77. The molecule has 1 aliphatic heterocycles. The summed E-state index contributed by atoms with van der Waals surface area (Å²) in [4.78, 5) is 2.45. The number of aryl methyl sites for hydroxylation is 2. The molecule has 1 aliphatic rings. The van der Waals surface area contributed by atoms with E-state index in [1.807, 2.05) is 14.0 Å². The normalized spacial score (nSPS) is 15.8. The van der Waals surface area contributed by atoms with Gasteiger partial charge in [0.05, 0.1) is 18.9 Å². The lowest BCUT2D eigenvalue weighted by atomic mass is 10.1. The minimum absolute atomic E-state index is 0.710. The van der Waals surface area contributed by atoms with Gasteiger partial charge in [0.15, 0.2) is 0 Å². The summed E-state index contributed by atoms with van der Waals surface area (Å²) in [7, 11) is 1.87. The molecule has 0 amide bonds. The van der Waals surface area contributed by atoms with Crippen molar-refractivity contribution in [3.63, 3.8) is 0 Å². The van der Waals surface area contributed by atoms with Gasteiger partial charge in [0.2, 0.25) is 0 Å². The minimum atomic E-state index is 0.710. The third-order valence-electron chi connectivity index (χ3n) is 4.50. The SMILES string of the molecule is Cc1nn(C)c(Cl)c1CNCc1ccccc1CN1CCOCC1. The second kappa shape index (κ2) is 8.12. The average molecular weight is 349 g/mol. The molecule has 0 atom stereocenters. The van der Waals surface area contributed by atoms with Gasteiger partial charge in [-0.1, -0.05) is 35.9 Å². The van der Waals surface area contributed by atoms with Gasteiger partial charge in [-0.15, -0.1) is 0 Å². The molecule has 6 heteroatoms. The summed E-state index contributed by atoms with van der Waals surface area (Å²) in [5, 5.41) is 8.58. The van der Waals surface area contributed by atoms with Crippen molar-refractivity contribution in [2.75, 3.05) is 26.3 Å². The Hall–Kier alpha value is -1.40. The largest absolute Gasteiger partial charge is 0.379 e. The maximum atomic E-state index is 6.30. The Bertz CT molecular complexity index is 680. The first-order valence-corrected chi connectivity index (χ1v) is 8.78. The highest BCUT2D eigenvalue weighted by Gasteiger charge is 2.13. The predicted octanol–water partition coefficient (Wildman–Crippen LogP) is 2.50. The number of benzene rings is 1. The maximum absolute atomic E-state index is 6.30. The molecule has 0 bridgehead atoms. The Morgan fingerprint density at radius 2 is 1.88 bits per heavy atom. The Morgan fingerprint density at radius 3 is 2.54 bits per heavy atom. The summed E-state index contributed by atoms with van der Waals surface area (Å²) in [6.45, 7) is 8.20. The van der Waals surface area contributed by atoms with Crippen molar-refractivity contribution >= 4 is 11.6 Å². The van der Waals surface area contributed by atoms with Crippen LogP contribution in [-0.4, -0.2) is 41.0 Å². The van der Waals surface area contributed by atoms with Crippen LogP contribution in [0.1, 0.15) is 22.4 Å². The molecular formula is C18H25ClN4O. The first-order chi connectivity index (χ1) is 11.6. The van der Waals surface area contributed by atoms with Crippen LogP contribution in [0.15, 0.2) is 24.3 Å². The van der Waals surface area contributed by atoms with Crippen LogP contribution < -0.4 is 5.32 Å². The van der Waals surface area contributed by atoms with E-state index in [2.05, 4.69) is 39.6 Å². The molecule has 5 nitrogen and oxygen atoms in total. The molecule has 0 spiro atoms. The molecule has 1 fully saturated rings. The first-order valence-electron chi connectivity index (χ1n) is 8.40. The van der Waals surface area contributed by atoms with E-state index in [4.69, 9.17) is 16.3 Å². The van der Waals surface area contributed by atoms with Gasteiger partial charge in [-0.3, -0.25) is 9.58 Å². The smallest absolute Gasteiger partial charge is 0.131 e. The van der Waals surface area contributed by atoms with Gasteiger partial charge >= 0.3 is 0 Å². The first kappa shape index (κ1) is 17.4. The van der Waals surface area contributed by atoms with Gasteiger partial charge in [0, 0.05) is 45.3 Å². The lowest BCUT2D eigenvalue weighted by Crippen LogP contribution is -2.36. The molecule has 1 saturated heterocycles. The van der Waals surface area contributed by atoms with Crippen LogP contribution in [0.3, 0.4) is 0 Å². The number of nitrogens with zero attached hydrogens (tertiary/aromatic N) is 3. The number of nitrogens with one attached hydrogen (secondary N) is 1. The molecule has 3 rings (SSSR count). The monoisotopic (exact) mass is 348 g/mol. The Kier molecular flexibility index (Phi) is 5.89. The van der Waals surface area contributed by atoms with Crippen LogP contribution in [-0.2, 0) is 31.4 Å². The Balaban J connectivity index is 1.60. The highest BCUT2D eigenvalue weighted by Crippen LogP contribution is 2.19. The van der Waals surface area contributed by atoms with Gasteiger partial charge in [-0.25, -0.2) is 0 Å². The molecule has 24 heavy (non-hydrogen) atoms. The van der Waals surface area contributed by atoms with E-state index in [-0.39, 0.29) is 0 Å². The zero-order valence-electron chi connectivity index (χ0n) is 14.4. The van der Waals surface area contributed by atoms with Gasteiger partial charge < -0.3 is 10.1 Å². The molecule has 1 aromatic heterocycles. The fourth-order valence-corrected chi connectivity index (χ4v) is 3.32. The summed E-state index contributed by atoms with van der Waals surface area (Å²) in [6.07, 6.45) is 0. The minimum Gasteiger partial charge on any atom is -0.379 e. The zero-order valence-corrected chi connectivity index (χ0v) is 15.1. The molecule has 0 saturated carbocycles. The van der Waals surface area contributed by atoms with Crippen LogP contribution >= 0.6 is 11.6 Å². The van der Waals surface area contributed by atoms with E-state index in [1.54, 1.807) is 4.68 Å². The number of halogens is 1. The molecular weight excluding hydrogens is 324 g/mol. The van der Waals surface area contributed by atoms with Gasteiger partial charge in [0.1, 0.15) is 5.15 Å². The number of morpholine rings is 1. The van der Waals surface area contributed by atoms with E-state index in [0.29, 0.717) is 5.15 Å². The maximum Gasteiger partial charge on any atom is 0.131 e. The van der Waals surface area contributed by atoms with Crippen molar-refractivity contribution in [1.82, 2.24) is 20.0 Å². The van der Waals surface area contributed by atoms with Crippen LogP contribution in [0, 0.1) is 6.92 Å². The quantitative estimate of drug-likeness (QED) is 0.871. The van der Waals surface area contributed by atoms with Gasteiger partial charge in [0.25, 0.3) is 0 Å². The lowest BCUT2D eigenvalue weighted by Gasteiger charge is -2.27. The van der Waals surface area contributed by atoms with Crippen LogP contribution in [0.25, 0.3) is 0 Å². The number of rotatable bonds is 6. The molecule has 1 aromatic carbocycles. The summed E-state index contributed by atoms with van der Waals surface area (Å²) >= 11 is 6.30. The third kappa shape index (κ3) is 4.16. The van der Waals surface area contributed by atoms with Gasteiger partial charge in [-0.2, -0.15) is 5.10 Å². The second-order valence-electron chi connectivity index (χ2n) is 6.24. The number of aromatic nitrogens is 2. The van der Waals surface area contributed by atoms with E-state index in [1.165, 1.54) is 11.1 Å². The standard InChI is InChI=1S/C18H25ClN4O/c1-14-17(18(19)22(2)21-14)12-20-11-15-5-3-4-6-16(15)13-23-7-9-24-10-8-23/h3-6,20H,7-13H2,1-2H3. The Morgan fingerprint density at radius 1 is 1.17 bits per heavy atom. The number of hydrogen-bond acceptors (Lipinski definition) is 4. The van der Waals surface area contributed by atoms with Crippen molar-refractivity contribution in [3.8, 4) is 0 Å². The van der Waals surface area contributed by atoms with Crippen molar-refractivity contribution < 1.29 is 4.74 Å². The molecule has 1 N–H and O–H groups in total. The van der Waals surface area contributed by atoms with E-state index in [9.17, 15) is 0 Å². The number of hydrogen-bond donors (Lipinski definition) is 1. The third-order valence-corrected chi connectivity index (χ3v) is 4.98. The summed E-state index contributed by atoms with van der Waals surface area (Å²) in [6, 6.07) is 8.62. The van der Waals surface area contributed by atoms with Crippen molar-refractivity contribution in [2.45, 2.75) is 26.6 Å². The zero-order chi connectivity index (χ0) is 16.9. The van der Waals surface area contributed by atoms with Crippen LogP contribution in [0.2, 0.25) is 5.15 Å². The fourth-order valence-electron chi connectivity index (χ4n) is 3.08. The molecule has 0 aliphatic carbocycles. The highest BCUT2D eigenvalue weighted by atomic mass is 35.5. The molecule has 0 unspecified atom stereocenters. The van der Waals surface area contributed by atoms with Crippen LogP contribution in [0.5, 0.6) is 0 Å². The van der Waals surface area contributed by atoms with E-state index >= 15 is 0 Å². The van der Waals surface area contributed by atoms with Crippen LogP contribution in [0.4, 0.5) is 0 Å². The topological polar surface area (TPSA) is 42.3 Å². The fraction of sp³-hybridized carbons (Fsp3) is 0.500. The van der Waals surface area contributed by atoms with Crippen molar-refractivity contribution in [3.05, 3.63) is 51.8 Å². The average Bonchev–Trinajstić information content (AvgIpc) is 2.83. The predicted molar refractivity (Wildman–Crippen MR) is 96.0 cm³/mol.